The summed E-state index contributed by atoms with van der Waals surface area (Å²) in [5.74, 6) is -0.529. The third-order valence-electron chi connectivity index (χ3n) is 1.91. The first-order chi connectivity index (χ1) is 6.20. The summed E-state index contributed by atoms with van der Waals surface area (Å²) in [7, 11) is 0. The number of rotatable bonds is 7. The molecule has 0 saturated heterocycles. The molecule has 0 aromatic rings. The monoisotopic (exact) mass is 182 g/mol. The summed E-state index contributed by atoms with van der Waals surface area (Å²) < 4.78 is 0. The van der Waals surface area contributed by atoms with Gasteiger partial charge in [-0.25, -0.2) is 4.79 Å². The first-order valence-corrected chi connectivity index (χ1v) is 4.72. The maximum atomic E-state index is 10.3. The van der Waals surface area contributed by atoms with Crippen LogP contribution in [0.4, 0.5) is 0 Å². The minimum atomic E-state index is -0.870. The van der Waals surface area contributed by atoms with E-state index < -0.39 is 5.97 Å². The second-order valence-electron chi connectivity index (χ2n) is 3.12. The number of hydrogen-bond acceptors (Lipinski definition) is 1. The van der Waals surface area contributed by atoms with Gasteiger partial charge < -0.3 is 5.11 Å². The second kappa shape index (κ2) is 7.59. The van der Waals surface area contributed by atoms with Gasteiger partial charge in [-0.3, -0.25) is 0 Å². The Morgan fingerprint density at radius 3 is 2.77 bits per heavy atom. The number of aliphatic carboxylic acids is 1. The lowest BCUT2D eigenvalue weighted by molar-refractivity contribution is -0.131. The molecule has 0 aliphatic rings. The molecule has 0 unspecified atom stereocenters. The van der Waals surface area contributed by atoms with Crippen molar-refractivity contribution in [3.8, 4) is 0 Å². The molecule has 1 N–H and O–H groups in total. The van der Waals surface area contributed by atoms with E-state index in [9.17, 15) is 4.79 Å². The number of unbranched alkanes of at least 4 members (excludes halogenated alkanes) is 1. The van der Waals surface area contributed by atoms with Crippen LogP contribution in [0, 0.1) is 5.92 Å². The second-order valence-corrected chi connectivity index (χ2v) is 3.12. The zero-order valence-electron chi connectivity index (χ0n) is 8.20. The number of carboxylic acid groups (broad SMARTS) is 1. The normalized spacial score (nSPS) is 13.0. The Bertz CT molecular complexity index is 183. The molecule has 0 spiro atoms. The summed E-state index contributed by atoms with van der Waals surface area (Å²) in [5.41, 5.74) is 0. The third-order valence-corrected chi connectivity index (χ3v) is 1.91. The Hall–Kier alpha value is -1.05. The van der Waals surface area contributed by atoms with Crippen molar-refractivity contribution in [1.29, 1.82) is 0 Å². The molecular formula is C11H18O2. The zero-order chi connectivity index (χ0) is 10.1. The molecule has 0 aliphatic heterocycles. The van der Waals surface area contributed by atoms with Crippen LogP contribution in [-0.4, -0.2) is 11.1 Å². The molecule has 0 heterocycles. The van der Waals surface area contributed by atoms with Crippen LogP contribution < -0.4 is 0 Å². The van der Waals surface area contributed by atoms with E-state index in [1.807, 2.05) is 6.08 Å². The maximum Gasteiger partial charge on any atom is 0.327 e. The standard InChI is InChI=1S/C11H18O2/c1-3-5-7-10(6-4-2)8-9-11(12)13/h4,8-10H,2-3,5-7H2,1H3,(H,12,13)/b9-8+/t10-/m1/s1. The number of carbonyl (C=O) groups is 1. The number of carboxylic acids is 1. The van der Waals surface area contributed by atoms with Crippen molar-refractivity contribution in [2.45, 2.75) is 32.6 Å². The molecular weight excluding hydrogens is 164 g/mol. The van der Waals surface area contributed by atoms with Gasteiger partial charge in [-0.05, 0) is 18.8 Å². The Morgan fingerprint density at radius 1 is 1.62 bits per heavy atom. The molecule has 1 atom stereocenters. The van der Waals surface area contributed by atoms with Gasteiger partial charge in [0.2, 0.25) is 0 Å². The number of allylic oxidation sites excluding steroid dienone is 2. The van der Waals surface area contributed by atoms with Crippen LogP contribution in [0.3, 0.4) is 0 Å². The van der Waals surface area contributed by atoms with E-state index in [1.54, 1.807) is 6.08 Å². The predicted molar refractivity (Wildman–Crippen MR) is 54.6 cm³/mol. The van der Waals surface area contributed by atoms with Crippen LogP contribution in [0.2, 0.25) is 0 Å². The van der Waals surface area contributed by atoms with Gasteiger partial charge in [0.1, 0.15) is 0 Å². The van der Waals surface area contributed by atoms with E-state index >= 15 is 0 Å². The van der Waals surface area contributed by atoms with Crippen LogP contribution in [0.5, 0.6) is 0 Å². The van der Waals surface area contributed by atoms with Gasteiger partial charge in [-0.2, -0.15) is 0 Å². The highest BCUT2D eigenvalue weighted by Gasteiger charge is 2.01. The third kappa shape index (κ3) is 7.32. The van der Waals surface area contributed by atoms with Crippen molar-refractivity contribution in [3.63, 3.8) is 0 Å². The van der Waals surface area contributed by atoms with E-state index in [1.165, 1.54) is 6.08 Å². The minimum absolute atomic E-state index is 0.341. The molecule has 74 valence electrons. The molecule has 0 fully saturated rings. The van der Waals surface area contributed by atoms with E-state index in [4.69, 9.17) is 5.11 Å². The van der Waals surface area contributed by atoms with Crippen LogP contribution in [0.15, 0.2) is 24.8 Å². The van der Waals surface area contributed by atoms with Crippen LogP contribution in [0.25, 0.3) is 0 Å². The number of hydrogen-bond donors (Lipinski definition) is 1. The van der Waals surface area contributed by atoms with Gasteiger partial charge >= 0.3 is 5.97 Å². The Balaban J connectivity index is 3.92. The lowest BCUT2D eigenvalue weighted by atomic mass is 9.98. The van der Waals surface area contributed by atoms with E-state index in [0.717, 1.165) is 25.7 Å². The summed E-state index contributed by atoms with van der Waals surface area (Å²) in [6.45, 7) is 5.79. The molecule has 0 radical (unpaired) electrons. The maximum absolute atomic E-state index is 10.3. The predicted octanol–water partition coefficient (Wildman–Crippen LogP) is 3.01. The Labute approximate surface area is 80.0 Å². The highest BCUT2D eigenvalue weighted by Crippen LogP contribution is 2.14. The lowest BCUT2D eigenvalue weighted by Gasteiger charge is -2.07. The molecule has 0 saturated carbocycles. The Kier molecular flexibility index (Phi) is 6.98. The molecule has 0 aromatic heterocycles. The SMILES string of the molecule is C=CC[C@@H](/C=C/C(=O)O)CCCC. The molecule has 13 heavy (non-hydrogen) atoms. The first-order valence-electron chi connectivity index (χ1n) is 4.72. The highest BCUT2D eigenvalue weighted by atomic mass is 16.4. The fourth-order valence-corrected chi connectivity index (χ4v) is 1.19. The molecule has 0 amide bonds. The van der Waals surface area contributed by atoms with Gasteiger partial charge in [0.25, 0.3) is 0 Å². The van der Waals surface area contributed by atoms with Gasteiger partial charge in [0.05, 0.1) is 0 Å². The van der Waals surface area contributed by atoms with Gasteiger partial charge in [0, 0.05) is 6.08 Å². The van der Waals surface area contributed by atoms with Crippen LogP contribution in [0.1, 0.15) is 32.6 Å². The van der Waals surface area contributed by atoms with Crippen molar-refractivity contribution in [2.75, 3.05) is 0 Å². The average molecular weight is 182 g/mol. The van der Waals surface area contributed by atoms with E-state index in [0.29, 0.717) is 5.92 Å². The van der Waals surface area contributed by atoms with E-state index in [-0.39, 0.29) is 0 Å². The zero-order valence-corrected chi connectivity index (χ0v) is 8.20. The van der Waals surface area contributed by atoms with E-state index in [2.05, 4.69) is 13.5 Å². The van der Waals surface area contributed by atoms with Crippen molar-refractivity contribution >= 4 is 5.97 Å². The highest BCUT2D eigenvalue weighted by molar-refractivity contribution is 5.79. The van der Waals surface area contributed by atoms with Crippen molar-refractivity contribution < 1.29 is 9.90 Å². The average Bonchev–Trinajstić information content (AvgIpc) is 2.09. The summed E-state index contributed by atoms with van der Waals surface area (Å²) >= 11 is 0. The molecule has 2 heteroatoms. The van der Waals surface area contributed by atoms with Crippen molar-refractivity contribution in [2.24, 2.45) is 5.92 Å². The summed E-state index contributed by atoms with van der Waals surface area (Å²) in [5, 5.41) is 8.44. The smallest absolute Gasteiger partial charge is 0.327 e. The molecule has 0 aliphatic carbocycles. The molecule has 0 rings (SSSR count). The quantitative estimate of drug-likeness (QED) is 0.485. The first kappa shape index (κ1) is 11.9. The van der Waals surface area contributed by atoms with Gasteiger partial charge in [-0.15, -0.1) is 6.58 Å². The molecule has 2 nitrogen and oxygen atoms in total. The van der Waals surface area contributed by atoms with Crippen LogP contribution in [-0.2, 0) is 4.79 Å². The summed E-state index contributed by atoms with van der Waals surface area (Å²) in [4.78, 5) is 10.3. The molecule has 0 bridgehead atoms. The van der Waals surface area contributed by atoms with Crippen LogP contribution >= 0.6 is 0 Å². The summed E-state index contributed by atoms with van der Waals surface area (Å²) in [6.07, 6.45) is 9.03. The largest absolute Gasteiger partial charge is 0.478 e. The Morgan fingerprint density at radius 2 is 2.31 bits per heavy atom. The van der Waals surface area contributed by atoms with Gasteiger partial charge in [0.15, 0.2) is 0 Å². The lowest BCUT2D eigenvalue weighted by Crippen LogP contribution is -1.96. The fraction of sp³-hybridized carbons (Fsp3) is 0.545. The molecule has 0 aromatic carbocycles. The topological polar surface area (TPSA) is 37.3 Å². The fourth-order valence-electron chi connectivity index (χ4n) is 1.19. The minimum Gasteiger partial charge on any atom is -0.478 e. The van der Waals surface area contributed by atoms with Gasteiger partial charge in [-0.1, -0.05) is 31.9 Å². The van der Waals surface area contributed by atoms with Crippen molar-refractivity contribution in [3.05, 3.63) is 24.8 Å². The van der Waals surface area contributed by atoms with Crippen molar-refractivity contribution in [1.82, 2.24) is 0 Å². The summed E-state index contributed by atoms with van der Waals surface area (Å²) in [6, 6.07) is 0.